The monoisotopic (exact) mass is 338 g/mol. The topological polar surface area (TPSA) is 78.4 Å². The molecular weight excluding hydrogens is 324 g/mol. The number of anilines is 1. The molecule has 1 atom stereocenters. The van der Waals surface area contributed by atoms with Crippen molar-refractivity contribution in [3.63, 3.8) is 0 Å². The molecule has 3 N–H and O–H groups in total. The summed E-state index contributed by atoms with van der Waals surface area (Å²) in [7, 11) is 0. The number of aliphatic hydroxyl groups is 1. The van der Waals surface area contributed by atoms with Gasteiger partial charge in [0.1, 0.15) is 0 Å². The van der Waals surface area contributed by atoms with Crippen LogP contribution in [-0.2, 0) is 9.59 Å². The van der Waals surface area contributed by atoms with Crippen molar-refractivity contribution in [1.29, 1.82) is 0 Å². The Bertz CT molecular complexity index is 646. The SMILES string of the molecule is O=C(NCCC(O)c1ccsc1)C(=O)Nc1ccccc1Cl. The van der Waals surface area contributed by atoms with Gasteiger partial charge < -0.3 is 15.7 Å². The molecule has 0 bridgehead atoms. The van der Waals surface area contributed by atoms with E-state index in [1.54, 1.807) is 24.3 Å². The Morgan fingerprint density at radius 1 is 1.23 bits per heavy atom. The number of thiophene rings is 1. The molecule has 2 rings (SSSR count). The van der Waals surface area contributed by atoms with Gasteiger partial charge in [0.2, 0.25) is 0 Å². The van der Waals surface area contributed by atoms with Gasteiger partial charge in [-0.25, -0.2) is 0 Å². The Kier molecular flexibility index (Phi) is 5.94. The number of halogens is 1. The molecule has 5 nitrogen and oxygen atoms in total. The van der Waals surface area contributed by atoms with Gasteiger partial charge in [-0.05, 0) is 40.9 Å². The summed E-state index contributed by atoms with van der Waals surface area (Å²) in [5, 5.41) is 18.8. The van der Waals surface area contributed by atoms with Crippen LogP contribution in [-0.4, -0.2) is 23.5 Å². The minimum Gasteiger partial charge on any atom is -0.388 e. The molecule has 0 aliphatic rings. The fourth-order valence-corrected chi connectivity index (χ4v) is 2.67. The average Bonchev–Trinajstić information content (AvgIpc) is 3.03. The Hall–Kier alpha value is -1.89. The molecule has 2 amide bonds. The summed E-state index contributed by atoms with van der Waals surface area (Å²) in [6, 6.07) is 8.47. The molecule has 116 valence electrons. The van der Waals surface area contributed by atoms with Crippen molar-refractivity contribution < 1.29 is 14.7 Å². The maximum atomic E-state index is 11.7. The smallest absolute Gasteiger partial charge is 0.313 e. The highest BCUT2D eigenvalue weighted by atomic mass is 35.5. The highest BCUT2D eigenvalue weighted by Crippen LogP contribution is 2.20. The Labute approximate surface area is 136 Å². The lowest BCUT2D eigenvalue weighted by molar-refractivity contribution is -0.136. The predicted molar refractivity (Wildman–Crippen MR) is 87.0 cm³/mol. The molecule has 0 saturated heterocycles. The summed E-state index contributed by atoms with van der Waals surface area (Å²) < 4.78 is 0. The zero-order chi connectivity index (χ0) is 15.9. The van der Waals surface area contributed by atoms with Crippen LogP contribution < -0.4 is 10.6 Å². The number of benzene rings is 1. The number of aliphatic hydroxyl groups excluding tert-OH is 1. The second-order valence-electron chi connectivity index (χ2n) is 4.55. The fourth-order valence-electron chi connectivity index (χ4n) is 1.78. The van der Waals surface area contributed by atoms with Crippen molar-refractivity contribution in [2.45, 2.75) is 12.5 Å². The summed E-state index contributed by atoms with van der Waals surface area (Å²) in [5.74, 6) is -1.56. The van der Waals surface area contributed by atoms with Gasteiger partial charge in [0, 0.05) is 6.54 Å². The summed E-state index contributed by atoms with van der Waals surface area (Å²) in [5.41, 5.74) is 1.18. The minimum absolute atomic E-state index is 0.200. The Morgan fingerprint density at radius 3 is 2.68 bits per heavy atom. The maximum Gasteiger partial charge on any atom is 0.313 e. The van der Waals surface area contributed by atoms with E-state index < -0.39 is 17.9 Å². The third-order valence-electron chi connectivity index (χ3n) is 2.96. The van der Waals surface area contributed by atoms with E-state index >= 15 is 0 Å². The quantitative estimate of drug-likeness (QED) is 0.733. The lowest BCUT2D eigenvalue weighted by Gasteiger charge is -2.10. The molecule has 1 heterocycles. The molecule has 0 aliphatic carbocycles. The van der Waals surface area contributed by atoms with Crippen molar-refractivity contribution in [1.82, 2.24) is 5.32 Å². The van der Waals surface area contributed by atoms with Crippen molar-refractivity contribution in [3.8, 4) is 0 Å². The van der Waals surface area contributed by atoms with E-state index in [1.807, 2.05) is 16.8 Å². The lowest BCUT2D eigenvalue weighted by atomic mass is 10.1. The largest absolute Gasteiger partial charge is 0.388 e. The minimum atomic E-state index is -0.793. The van der Waals surface area contributed by atoms with Crippen LogP contribution in [0, 0.1) is 0 Å². The molecule has 2 aromatic rings. The van der Waals surface area contributed by atoms with E-state index in [1.165, 1.54) is 11.3 Å². The van der Waals surface area contributed by atoms with Gasteiger partial charge >= 0.3 is 11.8 Å². The van der Waals surface area contributed by atoms with Crippen molar-refractivity contribution in [3.05, 3.63) is 51.7 Å². The van der Waals surface area contributed by atoms with Crippen LogP contribution in [0.4, 0.5) is 5.69 Å². The first-order valence-corrected chi connectivity index (χ1v) is 7.94. The highest BCUT2D eigenvalue weighted by Gasteiger charge is 2.15. The fraction of sp³-hybridized carbons (Fsp3) is 0.200. The zero-order valence-electron chi connectivity index (χ0n) is 11.6. The van der Waals surface area contributed by atoms with Crippen LogP contribution in [0.1, 0.15) is 18.1 Å². The molecule has 0 saturated carbocycles. The summed E-state index contributed by atoms with van der Waals surface area (Å²) >= 11 is 7.39. The van der Waals surface area contributed by atoms with E-state index in [4.69, 9.17) is 11.6 Å². The summed E-state index contributed by atoms with van der Waals surface area (Å²) in [4.78, 5) is 23.4. The number of nitrogens with one attached hydrogen (secondary N) is 2. The van der Waals surface area contributed by atoms with Crippen LogP contribution in [0.3, 0.4) is 0 Å². The first-order valence-electron chi connectivity index (χ1n) is 6.62. The van der Waals surface area contributed by atoms with Gasteiger partial charge in [-0.2, -0.15) is 11.3 Å². The molecule has 1 aromatic carbocycles. The number of hydrogen-bond donors (Lipinski definition) is 3. The lowest BCUT2D eigenvalue weighted by Crippen LogP contribution is -2.36. The third kappa shape index (κ3) is 4.56. The predicted octanol–water partition coefficient (Wildman–Crippen LogP) is 2.58. The number of carbonyl (C=O) groups excluding carboxylic acids is 2. The summed E-state index contributed by atoms with van der Waals surface area (Å²) in [6.45, 7) is 0.200. The maximum absolute atomic E-state index is 11.7. The second-order valence-corrected chi connectivity index (χ2v) is 5.74. The second kappa shape index (κ2) is 7.93. The van der Waals surface area contributed by atoms with Gasteiger partial charge in [0.25, 0.3) is 0 Å². The number of amides is 2. The number of para-hydroxylation sites is 1. The van der Waals surface area contributed by atoms with E-state index in [0.717, 1.165) is 5.56 Å². The molecule has 0 spiro atoms. The van der Waals surface area contributed by atoms with Crippen molar-refractivity contribution >= 4 is 40.4 Å². The highest BCUT2D eigenvalue weighted by molar-refractivity contribution is 7.07. The first kappa shape index (κ1) is 16.5. The number of carbonyl (C=O) groups is 2. The molecule has 0 radical (unpaired) electrons. The summed E-state index contributed by atoms with van der Waals surface area (Å²) in [6.07, 6.45) is -0.319. The van der Waals surface area contributed by atoms with E-state index in [0.29, 0.717) is 17.1 Å². The van der Waals surface area contributed by atoms with Crippen molar-refractivity contribution in [2.24, 2.45) is 0 Å². The van der Waals surface area contributed by atoms with Crippen LogP contribution in [0.25, 0.3) is 0 Å². The van der Waals surface area contributed by atoms with Gasteiger partial charge in [0.05, 0.1) is 16.8 Å². The van der Waals surface area contributed by atoms with Crippen LogP contribution in [0.5, 0.6) is 0 Å². The first-order chi connectivity index (χ1) is 10.6. The van der Waals surface area contributed by atoms with Gasteiger partial charge in [-0.3, -0.25) is 9.59 Å². The average molecular weight is 339 g/mol. The molecule has 22 heavy (non-hydrogen) atoms. The van der Waals surface area contributed by atoms with Gasteiger partial charge in [-0.15, -0.1) is 0 Å². The number of rotatable bonds is 5. The zero-order valence-corrected chi connectivity index (χ0v) is 13.2. The molecule has 1 unspecified atom stereocenters. The molecular formula is C15H15ClN2O3S. The third-order valence-corrected chi connectivity index (χ3v) is 3.99. The Balaban J connectivity index is 1.77. The molecule has 7 heteroatoms. The molecule has 0 fully saturated rings. The molecule has 1 aromatic heterocycles. The van der Waals surface area contributed by atoms with Crippen molar-refractivity contribution in [2.75, 3.05) is 11.9 Å². The normalized spacial score (nSPS) is 11.7. The van der Waals surface area contributed by atoms with E-state index in [-0.39, 0.29) is 6.54 Å². The Morgan fingerprint density at radius 2 is 2.00 bits per heavy atom. The standard InChI is InChI=1S/C15H15ClN2O3S/c16-11-3-1-2-4-12(11)18-15(21)14(20)17-7-5-13(19)10-6-8-22-9-10/h1-4,6,8-9,13,19H,5,7H2,(H,17,20)(H,18,21). The molecule has 0 aliphatic heterocycles. The van der Waals surface area contributed by atoms with E-state index in [9.17, 15) is 14.7 Å². The van der Waals surface area contributed by atoms with Crippen LogP contribution in [0.15, 0.2) is 41.1 Å². The van der Waals surface area contributed by atoms with Crippen LogP contribution >= 0.6 is 22.9 Å². The number of hydrogen-bond acceptors (Lipinski definition) is 4. The van der Waals surface area contributed by atoms with Gasteiger partial charge in [0.15, 0.2) is 0 Å². The van der Waals surface area contributed by atoms with Crippen LogP contribution in [0.2, 0.25) is 5.02 Å². The van der Waals surface area contributed by atoms with Gasteiger partial charge in [-0.1, -0.05) is 23.7 Å². The van der Waals surface area contributed by atoms with E-state index in [2.05, 4.69) is 10.6 Å².